The van der Waals surface area contributed by atoms with Crippen LogP contribution in [0.3, 0.4) is 0 Å². The second kappa shape index (κ2) is 15.8. The quantitative estimate of drug-likeness (QED) is 0.0820. The summed E-state index contributed by atoms with van der Waals surface area (Å²) < 4.78 is 73.4. The first-order valence-corrected chi connectivity index (χ1v) is 16.7. The van der Waals surface area contributed by atoms with Crippen LogP contribution < -0.4 is 10.1 Å². The maximum atomic E-state index is 14.1. The van der Waals surface area contributed by atoms with Crippen molar-refractivity contribution < 1.29 is 45.9 Å². The molecule has 1 aliphatic rings. The first-order valence-electron chi connectivity index (χ1n) is 15.8. The van der Waals surface area contributed by atoms with Gasteiger partial charge in [-0.2, -0.15) is 8.78 Å². The second-order valence-electron chi connectivity index (χ2n) is 13.0. The number of benzene rings is 1. The van der Waals surface area contributed by atoms with Gasteiger partial charge >= 0.3 is 5.97 Å². The Labute approximate surface area is 281 Å². The van der Waals surface area contributed by atoms with Crippen molar-refractivity contribution >= 4 is 34.9 Å². The molecular formula is C33H43F5N4O5S. The number of hydrogen-bond donors (Lipinski definition) is 1. The van der Waals surface area contributed by atoms with E-state index in [9.17, 15) is 41.1 Å². The molecular weight excluding hydrogens is 659 g/mol. The van der Waals surface area contributed by atoms with Crippen LogP contribution in [-0.2, 0) is 14.4 Å². The lowest BCUT2D eigenvalue weighted by Crippen LogP contribution is -2.50. The third-order valence-corrected chi connectivity index (χ3v) is 10.5. The zero-order valence-corrected chi connectivity index (χ0v) is 29.2. The summed E-state index contributed by atoms with van der Waals surface area (Å²) in [7, 11) is 3.56. The molecule has 0 aliphatic carbocycles. The molecule has 1 aromatic carbocycles. The number of hydrogen-bond acceptors (Lipinski definition) is 8. The number of carbonyl (C=O) groups is 4. The molecule has 0 saturated carbocycles. The number of amides is 2. The van der Waals surface area contributed by atoms with E-state index in [-0.39, 0.29) is 41.4 Å². The van der Waals surface area contributed by atoms with Crippen LogP contribution in [-0.4, -0.2) is 70.6 Å². The maximum Gasteiger partial charge on any atom is 0.363 e. The molecule has 1 aliphatic heterocycles. The highest BCUT2D eigenvalue weighted by Crippen LogP contribution is 2.35. The molecule has 0 spiro atoms. The third kappa shape index (κ3) is 8.21. The molecule has 5 atom stereocenters. The third-order valence-electron chi connectivity index (χ3n) is 9.52. The van der Waals surface area contributed by atoms with Gasteiger partial charge in [0.25, 0.3) is 0 Å². The van der Waals surface area contributed by atoms with E-state index in [1.165, 1.54) is 6.92 Å². The van der Waals surface area contributed by atoms with Gasteiger partial charge in [-0.05, 0) is 51.6 Å². The predicted molar refractivity (Wildman–Crippen MR) is 169 cm³/mol. The minimum atomic E-state index is -2.40. The first-order chi connectivity index (χ1) is 22.3. The average Bonchev–Trinajstić information content (AvgIpc) is 3.67. The van der Waals surface area contributed by atoms with Gasteiger partial charge in [-0.25, -0.2) is 22.9 Å². The van der Waals surface area contributed by atoms with E-state index in [4.69, 9.17) is 0 Å². The number of likely N-dealkylation sites (tertiary alicyclic amines) is 1. The van der Waals surface area contributed by atoms with Crippen molar-refractivity contribution in [1.29, 1.82) is 0 Å². The monoisotopic (exact) mass is 702 g/mol. The Bertz CT molecular complexity index is 1510. The molecule has 2 aromatic rings. The van der Waals surface area contributed by atoms with Crippen molar-refractivity contribution in [2.24, 2.45) is 17.8 Å². The van der Waals surface area contributed by atoms with Crippen molar-refractivity contribution in [3.8, 4) is 5.75 Å². The van der Waals surface area contributed by atoms with Gasteiger partial charge in [0.15, 0.2) is 11.5 Å². The predicted octanol–water partition coefficient (Wildman–Crippen LogP) is 6.21. The minimum Gasteiger partial charge on any atom is -0.415 e. The Morgan fingerprint density at radius 2 is 1.65 bits per heavy atom. The zero-order valence-electron chi connectivity index (χ0n) is 28.4. The first kappa shape index (κ1) is 39.0. The number of esters is 1. The smallest absolute Gasteiger partial charge is 0.363 e. The molecule has 1 N–H and O–H groups in total. The van der Waals surface area contributed by atoms with Crippen LogP contribution in [0.1, 0.15) is 95.2 Å². The van der Waals surface area contributed by atoms with Gasteiger partial charge in [-0.3, -0.25) is 19.3 Å². The molecule has 2 amide bonds. The van der Waals surface area contributed by atoms with Crippen molar-refractivity contribution in [2.75, 3.05) is 20.6 Å². The van der Waals surface area contributed by atoms with Gasteiger partial charge in [0.2, 0.25) is 46.6 Å². The van der Waals surface area contributed by atoms with Crippen LogP contribution in [0.2, 0.25) is 0 Å². The lowest BCUT2D eigenvalue weighted by atomic mass is 9.80. The number of Topliss-reactive ketones (excluding diaryl/α,β-unsaturated/α-hetero) is 1. The summed E-state index contributed by atoms with van der Waals surface area (Å²) in [6.45, 7) is 11.7. The SMILES string of the molecule is CC[C@H](C)[C@H](CC(=O)[C@@]1(C)CCCN1C)C(=O)N(C)[C@H](C[C@@H](NC(C)=O)c1nc(C(=O)Oc2c(F)c(F)c(F)c(F)c2F)cs1)C(C)C. The van der Waals surface area contributed by atoms with Gasteiger partial charge in [0, 0.05) is 37.7 Å². The molecule has 0 unspecified atom stereocenters. The highest BCUT2D eigenvalue weighted by Gasteiger charge is 2.44. The number of nitrogens with one attached hydrogen (secondary N) is 1. The van der Waals surface area contributed by atoms with E-state index in [1.54, 1.807) is 11.9 Å². The summed E-state index contributed by atoms with van der Waals surface area (Å²) >= 11 is 0.891. The van der Waals surface area contributed by atoms with Gasteiger partial charge in [0.05, 0.1) is 11.6 Å². The number of rotatable bonds is 14. The lowest BCUT2D eigenvalue weighted by molar-refractivity contribution is -0.143. The molecule has 9 nitrogen and oxygen atoms in total. The number of halogens is 5. The van der Waals surface area contributed by atoms with Crippen LogP contribution in [0, 0.1) is 46.8 Å². The van der Waals surface area contributed by atoms with Crippen molar-refractivity contribution in [1.82, 2.24) is 20.1 Å². The van der Waals surface area contributed by atoms with Gasteiger partial charge < -0.3 is 15.0 Å². The second-order valence-corrected chi connectivity index (χ2v) is 13.9. The molecule has 48 heavy (non-hydrogen) atoms. The van der Waals surface area contributed by atoms with Crippen LogP contribution in [0.15, 0.2) is 5.38 Å². The Kier molecular flexibility index (Phi) is 12.9. The van der Waals surface area contributed by atoms with Crippen LogP contribution in [0.4, 0.5) is 22.0 Å². The van der Waals surface area contributed by atoms with Crippen molar-refractivity contribution in [2.45, 2.75) is 91.3 Å². The molecule has 3 rings (SSSR count). The minimum absolute atomic E-state index is 0.0137. The fourth-order valence-corrected chi connectivity index (χ4v) is 6.91. The molecule has 2 heterocycles. The number of nitrogens with zero attached hydrogens (tertiary/aromatic N) is 3. The molecule has 0 radical (unpaired) electrons. The Hall–Kier alpha value is -3.46. The topological polar surface area (TPSA) is 109 Å². The fraction of sp³-hybridized carbons (Fsp3) is 0.606. The molecule has 1 fully saturated rings. The molecule has 15 heteroatoms. The van der Waals surface area contributed by atoms with Crippen LogP contribution in [0.5, 0.6) is 5.75 Å². The number of carbonyl (C=O) groups excluding carboxylic acids is 4. The molecule has 1 aromatic heterocycles. The molecule has 1 saturated heterocycles. The summed E-state index contributed by atoms with van der Waals surface area (Å²) in [5.41, 5.74) is -1.14. The van der Waals surface area contributed by atoms with Gasteiger partial charge in [-0.15, -0.1) is 11.3 Å². The van der Waals surface area contributed by atoms with Crippen molar-refractivity contribution in [3.05, 3.63) is 45.2 Å². The molecule has 0 bridgehead atoms. The van der Waals surface area contributed by atoms with E-state index < -0.39 is 75.9 Å². The van der Waals surface area contributed by atoms with Crippen molar-refractivity contribution in [3.63, 3.8) is 0 Å². The standard InChI is InChI=1S/C33H43F5N4O5S/c1-9-17(4)19(13-23(44)33(6)11-10-12-41(33)7)31(45)42(8)22(16(2)3)14-20(39-18(5)43)30-40-21(15-48-30)32(46)47-29-27(37)25(35)24(34)26(36)28(29)38/h15-17,19-20,22H,9-14H2,1-8H3,(H,39,43)/t17-,19-,20+,22+,33+/m0/s1. The number of likely N-dealkylation sites (N-methyl/N-ethyl adjacent to an activating group) is 1. The zero-order chi connectivity index (χ0) is 36.2. The maximum absolute atomic E-state index is 14.1. The normalized spacial score (nSPS) is 19.1. The van der Waals surface area contributed by atoms with E-state index in [0.717, 1.165) is 36.1 Å². The van der Waals surface area contributed by atoms with E-state index in [0.29, 0.717) is 6.42 Å². The molecule has 266 valence electrons. The van der Waals surface area contributed by atoms with E-state index >= 15 is 0 Å². The summed E-state index contributed by atoms with van der Waals surface area (Å²) in [6, 6.07) is -1.32. The highest BCUT2D eigenvalue weighted by atomic mass is 32.1. The largest absolute Gasteiger partial charge is 0.415 e. The number of ketones is 1. The van der Waals surface area contributed by atoms with Gasteiger partial charge in [-0.1, -0.05) is 34.1 Å². The summed E-state index contributed by atoms with van der Waals surface area (Å²) in [5.74, 6) is -16.3. The summed E-state index contributed by atoms with van der Waals surface area (Å²) in [6.07, 6.45) is 2.51. The van der Waals surface area contributed by atoms with E-state index in [2.05, 4.69) is 15.0 Å². The number of ether oxygens (including phenoxy) is 1. The highest BCUT2D eigenvalue weighted by molar-refractivity contribution is 7.09. The van der Waals surface area contributed by atoms with Gasteiger partial charge in [0.1, 0.15) is 5.01 Å². The van der Waals surface area contributed by atoms with Crippen LogP contribution in [0.25, 0.3) is 0 Å². The van der Waals surface area contributed by atoms with E-state index in [1.807, 2.05) is 46.6 Å². The summed E-state index contributed by atoms with van der Waals surface area (Å²) in [5, 5.41) is 4.09. The van der Waals surface area contributed by atoms with Crippen LogP contribution >= 0.6 is 11.3 Å². The number of thiazole rings is 1. The fourth-order valence-electron chi connectivity index (χ4n) is 6.06. The number of aromatic nitrogens is 1. The Balaban J connectivity index is 1.87. The summed E-state index contributed by atoms with van der Waals surface area (Å²) in [4.78, 5) is 60.4. The Morgan fingerprint density at radius 3 is 2.15 bits per heavy atom. The average molecular weight is 703 g/mol. The Morgan fingerprint density at radius 1 is 1.06 bits per heavy atom. The lowest BCUT2D eigenvalue weighted by Gasteiger charge is -2.38.